The lowest BCUT2D eigenvalue weighted by atomic mass is 10.3. The van der Waals surface area contributed by atoms with E-state index >= 15 is 0 Å². The van der Waals surface area contributed by atoms with Gasteiger partial charge in [-0.3, -0.25) is 0 Å². The predicted molar refractivity (Wildman–Crippen MR) is 56.9 cm³/mol. The molecule has 0 spiro atoms. The highest BCUT2D eigenvalue weighted by molar-refractivity contribution is 7.96. The van der Waals surface area contributed by atoms with Crippen LogP contribution in [0.2, 0.25) is 0 Å². The van der Waals surface area contributed by atoms with Gasteiger partial charge in [-0.05, 0) is 30.2 Å². The van der Waals surface area contributed by atoms with Gasteiger partial charge in [-0.2, -0.15) is 0 Å². The van der Waals surface area contributed by atoms with Gasteiger partial charge in [-0.1, -0.05) is 13.3 Å². The minimum atomic E-state index is 0.607. The molecule has 0 N–H and O–H groups in total. The predicted octanol–water partition coefficient (Wildman–Crippen LogP) is 2.21. The van der Waals surface area contributed by atoms with E-state index in [-0.39, 0.29) is 0 Å². The highest BCUT2D eigenvalue weighted by atomic mass is 32.2. The Morgan fingerprint density at radius 3 is 2.92 bits per heavy atom. The molecule has 12 heavy (non-hydrogen) atoms. The third-order valence-corrected chi connectivity index (χ3v) is 4.27. The largest absolute Gasteiger partial charge is 0.373 e. The standard InChI is InChI=1S/C10H21OS/c1-3-4-8-12(2)9-10-6-5-7-11-10/h10H,3-9H2,1-2H3/q+1. The normalized spacial score (nSPS) is 26.0. The van der Waals surface area contributed by atoms with Crippen LogP contribution in [0.1, 0.15) is 32.6 Å². The van der Waals surface area contributed by atoms with Crippen molar-refractivity contribution in [2.75, 3.05) is 24.4 Å². The van der Waals surface area contributed by atoms with Crippen LogP contribution in [0.3, 0.4) is 0 Å². The van der Waals surface area contributed by atoms with Crippen LogP contribution in [0.5, 0.6) is 0 Å². The Morgan fingerprint density at radius 1 is 1.50 bits per heavy atom. The van der Waals surface area contributed by atoms with Crippen molar-refractivity contribution in [3.05, 3.63) is 0 Å². The van der Waals surface area contributed by atoms with Crippen LogP contribution in [-0.2, 0) is 15.6 Å². The van der Waals surface area contributed by atoms with Crippen molar-refractivity contribution in [3.63, 3.8) is 0 Å². The summed E-state index contributed by atoms with van der Waals surface area (Å²) in [5.74, 6) is 2.73. The smallest absolute Gasteiger partial charge is 0.133 e. The second kappa shape index (κ2) is 5.87. The maximum atomic E-state index is 5.61. The molecule has 0 aromatic carbocycles. The number of hydrogen-bond acceptors (Lipinski definition) is 1. The first-order chi connectivity index (χ1) is 5.83. The van der Waals surface area contributed by atoms with Gasteiger partial charge in [0.25, 0.3) is 0 Å². The summed E-state index contributed by atoms with van der Waals surface area (Å²) < 4.78 is 5.61. The Hall–Kier alpha value is 0.310. The molecule has 1 rings (SSSR count). The Bertz CT molecular complexity index is 110. The molecule has 72 valence electrons. The molecule has 0 aliphatic carbocycles. The molecule has 2 heteroatoms. The van der Waals surface area contributed by atoms with E-state index in [9.17, 15) is 0 Å². The Kier molecular flexibility index (Phi) is 5.08. The topological polar surface area (TPSA) is 9.23 Å². The molecule has 0 bridgehead atoms. The molecule has 1 heterocycles. The van der Waals surface area contributed by atoms with E-state index in [0.717, 1.165) is 6.61 Å². The van der Waals surface area contributed by atoms with Gasteiger partial charge in [-0.25, -0.2) is 0 Å². The Balaban J connectivity index is 2.03. The molecule has 1 aliphatic rings. The van der Waals surface area contributed by atoms with Crippen LogP contribution in [-0.4, -0.2) is 30.5 Å². The van der Waals surface area contributed by atoms with Gasteiger partial charge >= 0.3 is 0 Å². The van der Waals surface area contributed by atoms with Crippen molar-refractivity contribution in [2.45, 2.75) is 38.7 Å². The van der Waals surface area contributed by atoms with Crippen molar-refractivity contribution in [1.29, 1.82) is 0 Å². The molecule has 1 saturated heterocycles. The fourth-order valence-electron chi connectivity index (χ4n) is 1.57. The molecule has 0 amide bonds. The van der Waals surface area contributed by atoms with E-state index in [2.05, 4.69) is 13.2 Å². The highest BCUT2D eigenvalue weighted by Crippen LogP contribution is 2.14. The van der Waals surface area contributed by atoms with Gasteiger partial charge in [0, 0.05) is 6.61 Å². The van der Waals surface area contributed by atoms with E-state index in [4.69, 9.17) is 4.74 Å². The van der Waals surface area contributed by atoms with E-state index in [0.29, 0.717) is 17.0 Å². The van der Waals surface area contributed by atoms with Crippen LogP contribution in [0.4, 0.5) is 0 Å². The molecule has 0 aromatic rings. The van der Waals surface area contributed by atoms with Gasteiger partial charge in [0.1, 0.15) is 17.6 Å². The molecule has 0 saturated carbocycles. The van der Waals surface area contributed by atoms with Gasteiger partial charge in [-0.15, -0.1) is 0 Å². The number of hydrogen-bond donors (Lipinski definition) is 0. The van der Waals surface area contributed by atoms with Crippen molar-refractivity contribution in [1.82, 2.24) is 0 Å². The maximum absolute atomic E-state index is 5.61. The zero-order valence-corrected chi connectivity index (χ0v) is 9.16. The van der Waals surface area contributed by atoms with Crippen molar-refractivity contribution in [2.24, 2.45) is 0 Å². The van der Waals surface area contributed by atoms with Gasteiger partial charge < -0.3 is 4.74 Å². The zero-order valence-electron chi connectivity index (χ0n) is 8.34. The molecule has 2 atom stereocenters. The number of unbranched alkanes of at least 4 members (excludes halogenated alkanes) is 1. The fourth-order valence-corrected chi connectivity index (χ4v) is 3.41. The van der Waals surface area contributed by atoms with Crippen LogP contribution < -0.4 is 0 Å². The average molecular weight is 189 g/mol. The summed E-state index contributed by atoms with van der Waals surface area (Å²) in [6, 6.07) is 0. The molecule has 1 fully saturated rings. The second-order valence-electron chi connectivity index (χ2n) is 3.64. The summed E-state index contributed by atoms with van der Waals surface area (Å²) in [6.07, 6.45) is 8.32. The van der Waals surface area contributed by atoms with Crippen LogP contribution in [0.25, 0.3) is 0 Å². The Morgan fingerprint density at radius 2 is 2.33 bits per heavy atom. The zero-order chi connectivity index (χ0) is 8.81. The molecule has 1 aliphatic heterocycles. The third-order valence-electron chi connectivity index (χ3n) is 2.34. The fraction of sp³-hybridized carbons (Fsp3) is 1.00. The maximum Gasteiger partial charge on any atom is 0.133 e. The van der Waals surface area contributed by atoms with Gasteiger partial charge in [0.05, 0.1) is 6.26 Å². The van der Waals surface area contributed by atoms with E-state index in [1.807, 2.05) is 0 Å². The Labute approximate surface area is 79.2 Å². The third kappa shape index (κ3) is 3.81. The minimum absolute atomic E-state index is 0.607. The van der Waals surface area contributed by atoms with Gasteiger partial charge in [0.15, 0.2) is 0 Å². The molecule has 0 radical (unpaired) electrons. The SMILES string of the molecule is CCCC[S+](C)CC1CCCO1. The van der Waals surface area contributed by atoms with E-state index < -0.39 is 0 Å². The summed E-state index contributed by atoms with van der Waals surface area (Å²) in [6.45, 7) is 3.28. The summed E-state index contributed by atoms with van der Waals surface area (Å²) in [7, 11) is 0.615. The van der Waals surface area contributed by atoms with Crippen molar-refractivity contribution >= 4 is 10.9 Å². The first-order valence-corrected chi connectivity index (χ1v) is 7.00. The second-order valence-corrected chi connectivity index (χ2v) is 5.95. The van der Waals surface area contributed by atoms with E-state index in [1.54, 1.807) is 0 Å². The molecule has 2 unspecified atom stereocenters. The van der Waals surface area contributed by atoms with Crippen LogP contribution >= 0.6 is 0 Å². The van der Waals surface area contributed by atoms with Crippen molar-refractivity contribution < 1.29 is 4.74 Å². The van der Waals surface area contributed by atoms with Crippen molar-refractivity contribution in [3.8, 4) is 0 Å². The summed E-state index contributed by atoms with van der Waals surface area (Å²) in [5, 5.41) is 0. The summed E-state index contributed by atoms with van der Waals surface area (Å²) >= 11 is 0. The number of ether oxygens (including phenoxy) is 1. The first-order valence-electron chi connectivity index (χ1n) is 5.03. The molecule has 0 aromatic heterocycles. The lowest BCUT2D eigenvalue weighted by Crippen LogP contribution is -2.21. The quantitative estimate of drug-likeness (QED) is 0.603. The highest BCUT2D eigenvalue weighted by Gasteiger charge is 2.23. The molecule has 1 nitrogen and oxygen atoms in total. The lowest BCUT2D eigenvalue weighted by molar-refractivity contribution is 0.128. The lowest BCUT2D eigenvalue weighted by Gasteiger charge is -2.08. The summed E-state index contributed by atoms with van der Waals surface area (Å²) in [4.78, 5) is 0. The molecular weight excluding hydrogens is 168 g/mol. The van der Waals surface area contributed by atoms with Crippen LogP contribution in [0.15, 0.2) is 0 Å². The minimum Gasteiger partial charge on any atom is -0.373 e. The summed E-state index contributed by atoms with van der Waals surface area (Å²) in [5.41, 5.74) is 0. The first kappa shape index (κ1) is 10.4. The van der Waals surface area contributed by atoms with E-state index in [1.165, 1.54) is 37.2 Å². The average Bonchev–Trinajstić information content (AvgIpc) is 2.53. The van der Waals surface area contributed by atoms with Gasteiger partial charge in [0.2, 0.25) is 0 Å². The monoisotopic (exact) mass is 189 g/mol. The van der Waals surface area contributed by atoms with Crippen LogP contribution in [0, 0.1) is 0 Å². The number of rotatable bonds is 5. The molecular formula is C10H21OS+.